The number of aliphatic hydroxyl groups is 2. The predicted molar refractivity (Wildman–Crippen MR) is 479 cm³/mol. The minimum absolute atomic E-state index is 0.00943. The first-order chi connectivity index (χ1) is 61.3. The van der Waals surface area contributed by atoms with E-state index >= 15 is 0 Å². The summed E-state index contributed by atoms with van der Waals surface area (Å²) in [6, 6.07) is 10.8. The molecular weight excluding hydrogens is 1660 g/mol. The molecule has 1 saturated carbocycles. The van der Waals surface area contributed by atoms with E-state index in [1.807, 2.05) is 79.8 Å². The number of fused-ring (bicyclic) bond motifs is 6. The van der Waals surface area contributed by atoms with Crippen molar-refractivity contribution in [3.05, 3.63) is 107 Å². The number of rotatable bonds is 38. The molecule has 3 aromatic heterocycles. The standard InChI is InChI=1S/C94H135N9O23S/c1-60-17-12-11-13-18-61(2)78(112-8)55-72-26-21-66(7)94(111,126-72)88(108)91(109)102-31-15-14-19-74(102)92(110)124-79(56-75(104)62(3)50-65(6)86(107)87(114-10)85(106)64(5)49-60)63(4)51-67-23-27-77(80(53-67)113-9)123-82(127)20-16-33-115-35-37-117-39-41-119-43-45-121-47-48-122-46-44-120-42-40-118-38-36-116-34-30-81(105)101-32-29-69-52-68(22-24-71(69)58-101)57-103-90-83(89(95)97-59-98-90)84(100-103)70-25-28-76-73(54-70)99-93(96)125-76/h11-13,17-18,22,24-25,28,50,52,54,59-60,62-64,66-67,72,74,77-80,86-87,107,111H,14-16,19-21,23,26-27,29-49,51,53,55-58H2,1-10H3,(H2,96,99)(H2,95,97,98)/b13-11+,17-12+,61-18+,65-50+/t60-,62-,63-,64-,66-,67+,72+,74+,77-,78+,79+,80-,86-,87+,94-/m1/s1. The summed E-state index contributed by atoms with van der Waals surface area (Å²) in [7, 11) is 4.60. The molecule has 0 unspecified atom stereocenters. The van der Waals surface area contributed by atoms with Crippen molar-refractivity contribution in [1.29, 1.82) is 0 Å². The molecule has 2 aromatic carbocycles. The van der Waals surface area contributed by atoms with Crippen molar-refractivity contribution < 1.29 is 110 Å². The van der Waals surface area contributed by atoms with Gasteiger partial charge in [0.2, 0.25) is 11.7 Å². The third kappa shape index (κ3) is 29.6. The number of piperidine rings is 1. The Morgan fingerprint density at radius 2 is 1.39 bits per heavy atom. The number of carbonyl (C=O) groups excluding carboxylic acids is 6. The Bertz CT molecular complexity index is 4520. The van der Waals surface area contributed by atoms with E-state index in [4.69, 9.17) is 99.5 Å². The molecule has 6 N–H and O–H groups in total. The van der Waals surface area contributed by atoms with E-state index in [0.717, 1.165) is 35.1 Å². The molecule has 32 nitrogen and oxygen atoms in total. The molecule has 2 bridgehead atoms. The number of allylic oxidation sites excluding steroid dienone is 6. The average Bonchev–Trinajstić information content (AvgIpc) is 1.71. The molecule has 4 aliphatic heterocycles. The lowest BCUT2D eigenvalue weighted by molar-refractivity contribution is -0.265. The van der Waals surface area contributed by atoms with E-state index in [1.165, 1.54) is 23.9 Å². The van der Waals surface area contributed by atoms with Gasteiger partial charge in [-0.15, -0.1) is 0 Å². The number of Topliss-reactive ketones (excluding diaryl/α,β-unsaturated/α-hetero) is 3. The van der Waals surface area contributed by atoms with E-state index in [9.17, 15) is 39.0 Å². The van der Waals surface area contributed by atoms with Crippen LogP contribution in [0.3, 0.4) is 0 Å². The maximum atomic E-state index is 14.8. The second-order valence-electron chi connectivity index (χ2n) is 34.2. The predicted octanol–water partition coefficient (Wildman–Crippen LogP) is 10.6. The van der Waals surface area contributed by atoms with E-state index in [1.54, 1.807) is 47.1 Å². The third-order valence-corrected chi connectivity index (χ3v) is 25.0. The van der Waals surface area contributed by atoms with Crippen LogP contribution in [0, 0.1) is 35.5 Å². The van der Waals surface area contributed by atoms with Gasteiger partial charge >= 0.3 is 5.97 Å². The smallest absolute Gasteiger partial charge is 0.329 e. The molecule has 0 spiro atoms. The molecule has 700 valence electrons. The zero-order chi connectivity index (χ0) is 90.9. The topological polar surface area (TPSA) is 400 Å². The number of aliphatic hydroxyl groups excluding tert-OH is 1. The number of nitrogens with zero attached hydrogens (tertiary/aromatic N) is 7. The highest BCUT2D eigenvalue weighted by Gasteiger charge is 2.53. The molecule has 127 heavy (non-hydrogen) atoms. The maximum absolute atomic E-state index is 14.8. The molecule has 33 heteroatoms. The van der Waals surface area contributed by atoms with Crippen LogP contribution in [0.25, 0.3) is 33.4 Å². The highest BCUT2D eigenvalue weighted by Crippen LogP contribution is 2.40. The van der Waals surface area contributed by atoms with Gasteiger partial charge in [0.15, 0.2) is 22.1 Å². The number of hydrogen-bond acceptors (Lipinski definition) is 30. The number of cyclic esters (lactones) is 1. The van der Waals surface area contributed by atoms with Crippen LogP contribution in [0.2, 0.25) is 0 Å². The number of amides is 2. The largest absolute Gasteiger partial charge is 0.481 e. The minimum Gasteiger partial charge on any atom is -0.481 e. The highest BCUT2D eigenvalue weighted by atomic mass is 32.1. The number of esters is 1. The zero-order valence-electron chi connectivity index (χ0n) is 75.7. The Kier molecular flexibility index (Phi) is 40.8. The number of hydrogen-bond donors (Lipinski definition) is 4. The lowest BCUT2D eigenvalue weighted by atomic mass is 9.78. The molecule has 1 aliphatic carbocycles. The van der Waals surface area contributed by atoms with Gasteiger partial charge in [0.1, 0.15) is 59.6 Å². The van der Waals surface area contributed by atoms with Gasteiger partial charge in [-0.1, -0.05) is 89.3 Å². The Morgan fingerprint density at radius 3 is 2.06 bits per heavy atom. The number of ether oxygens (including phenoxy) is 14. The monoisotopic (exact) mass is 1790 g/mol. The number of anilines is 2. The Balaban J connectivity index is 0.552. The Labute approximate surface area is 751 Å². The molecule has 3 fully saturated rings. The normalized spacial score (nSPS) is 27.0. The van der Waals surface area contributed by atoms with Gasteiger partial charge in [0.05, 0.1) is 136 Å². The number of thiocarbonyl (C=S) groups is 1. The second-order valence-corrected chi connectivity index (χ2v) is 34.6. The summed E-state index contributed by atoms with van der Waals surface area (Å²) in [6.07, 6.45) is 14.8. The van der Waals surface area contributed by atoms with Crippen molar-refractivity contribution in [1.82, 2.24) is 34.5 Å². The summed E-state index contributed by atoms with van der Waals surface area (Å²) in [6.45, 7) is 20.8. The first-order valence-corrected chi connectivity index (χ1v) is 45.5. The van der Waals surface area contributed by atoms with Gasteiger partial charge in [-0.3, -0.25) is 24.0 Å². The molecule has 0 radical (unpaired) electrons. The summed E-state index contributed by atoms with van der Waals surface area (Å²) in [5.74, 6) is -7.97. The fraction of sp³-hybridized carbons (Fsp3) is 0.649. The number of nitrogens with two attached hydrogens (primary N) is 2. The first-order valence-electron chi connectivity index (χ1n) is 45.1. The number of methoxy groups -OCH3 is 3. The Hall–Kier alpha value is -8.23. The lowest BCUT2D eigenvalue weighted by Crippen LogP contribution is -2.61. The van der Waals surface area contributed by atoms with E-state index in [0.29, 0.717) is 240 Å². The van der Waals surface area contributed by atoms with Gasteiger partial charge in [-0.25, -0.2) is 19.4 Å². The number of nitrogen functional groups attached to an aromatic ring is 2. The van der Waals surface area contributed by atoms with Crippen LogP contribution < -0.4 is 11.5 Å². The highest BCUT2D eigenvalue weighted by molar-refractivity contribution is 7.80. The fourth-order valence-electron chi connectivity index (χ4n) is 17.3. The van der Waals surface area contributed by atoms with Crippen LogP contribution in [0.4, 0.5) is 11.8 Å². The van der Waals surface area contributed by atoms with Crippen molar-refractivity contribution in [2.45, 2.75) is 219 Å². The molecule has 10 rings (SSSR count). The maximum Gasteiger partial charge on any atom is 0.329 e. The summed E-state index contributed by atoms with van der Waals surface area (Å²) in [5, 5.41) is 29.9. The van der Waals surface area contributed by atoms with Crippen molar-refractivity contribution in [2.24, 2.45) is 35.5 Å². The number of ketones is 3. The number of benzene rings is 2. The van der Waals surface area contributed by atoms with Gasteiger partial charge in [0, 0.05) is 90.2 Å². The van der Waals surface area contributed by atoms with Crippen molar-refractivity contribution in [3.8, 4) is 11.3 Å². The summed E-state index contributed by atoms with van der Waals surface area (Å²) in [4.78, 5) is 102. The number of aromatic nitrogens is 5. The molecular formula is C94H135N9O23S. The van der Waals surface area contributed by atoms with Crippen LogP contribution >= 0.6 is 12.2 Å². The van der Waals surface area contributed by atoms with Crippen LogP contribution in [0.5, 0.6) is 0 Å². The summed E-state index contributed by atoms with van der Waals surface area (Å²) >= 11 is 5.73. The van der Waals surface area contributed by atoms with Crippen molar-refractivity contribution in [3.63, 3.8) is 0 Å². The molecule has 5 aromatic rings. The van der Waals surface area contributed by atoms with Gasteiger partial charge in [-0.05, 0) is 167 Å². The van der Waals surface area contributed by atoms with E-state index < -0.39 is 83.7 Å². The summed E-state index contributed by atoms with van der Waals surface area (Å²) in [5.41, 5.74) is 20.0. The van der Waals surface area contributed by atoms with Crippen LogP contribution in [0.15, 0.2) is 94.7 Å². The van der Waals surface area contributed by atoms with Gasteiger partial charge in [-0.2, -0.15) is 10.1 Å². The first kappa shape index (κ1) is 101. The zero-order valence-corrected chi connectivity index (χ0v) is 76.5. The Morgan fingerprint density at radius 1 is 0.709 bits per heavy atom. The molecule has 7 heterocycles. The lowest BCUT2D eigenvalue weighted by Gasteiger charge is -2.42. The van der Waals surface area contributed by atoms with Gasteiger partial charge in [0.25, 0.3) is 17.7 Å². The van der Waals surface area contributed by atoms with Gasteiger partial charge < -0.3 is 102 Å². The van der Waals surface area contributed by atoms with Crippen LogP contribution in [-0.2, 0) is 115 Å². The number of carbonyl (C=O) groups is 6. The van der Waals surface area contributed by atoms with E-state index in [2.05, 4.69) is 33.2 Å². The minimum atomic E-state index is -2.47. The quantitative estimate of drug-likeness (QED) is 0.00937. The van der Waals surface area contributed by atoms with Crippen molar-refractivity contribution in [2.75, 3.05) is 152 Å². The van der Waals surface area contributed by atoms with Crippen LogP contribution in [0.1, 0.15) is 161 Å². The molecule has 2 saturated heterocycles. The second kappa shape index (κ2) is 51.4. The van der Waals surface area contributed by atoms with Crippen molar-refractivity contribution >= 4 is 86.4 Å². The number of oxazole rings is 1. The van der Waals surface area contributed by atoms with E-state index in [-0.39, 0.29) is 73.3 Å². The SMILES string of the molecule is CO[C@H]1C[C@@H]2CC[C@@H](C)[C@@](O)(O2)C(=O)C(=O)N2CCCC[C@H]2C(=O)O[C@H]([C@H](C)C[C@@H]2CC[C@@H](OC(=S)CCCOCCOCCOCCOCCOCCOCCOCCOCCC(=O)N3CCc4cc(Cn5nc(-c6ccc7oc(N)nc7c6)c6c(N)ncnc65)ccc4C3)[C@H](OC)C2)CC(=O)[C@H](C)/C=C(\C)[C@@H](O)[C@@H](OC)C(=O)[C@H](C)C[C@H](C)/C=C/C=C/C=C/1C. The molecule has 2 amide bonds. The third-order valence-electron chi connectivity index (χ3n) is 24.7. The molecule has 5 aliphatic rings. The molecule has 15 atom stereocenters. The fourth-order valence-corrected chi connectivity index (χ4v) is 17.5. The summed E-state index contributed by atoms with van der Waals surface area (Å²) < 4.78 is 89.3. The average molecular weight is 1790 g/mol. The van der Waals surface area contributed by atoms with Crippen LogP contribution in [-0.4, -0.2) is 280 Å².